The van der Waals surface area contributed by atoms with E-state index in [4.69, 9.17) is 5.11 Å². The summed E-state index contributed by atoms with van der Waals surface area (Å²) in [5.41, 5.74) is 1.25. The second-order valence-electron chi connectivity index (χ2n) is 4.91. The van der Waals surface area contributed by atoms with E-state index in [1.54, 1.807) is 24.3 Å². The Balaban J connectivity index is 1.77. The molecule has 1 aromatic carbocycles. The molecular weight excluding hydrogens is 274 g/mol. The second-order valence-corrected chi connectivity index (χ2v) is 4.91. The third-order valence-electron chi connectivity index (χ3n) is 3.16. The SMILES string of the molecule is O=C(O)Cc1ccc(NC(=O)NCC2CCC(=O)N2)cc1. The minimum atomic E-state index is -0.896. The molecule has 112 valence electrons. The van der Waals surface area contributed by atoms with Crippen LogP contribution in [0.4, 0.5) is 10.5 Å². The molecule has 1 unspecified atom stereocenters. The van der Waals surface area contributed by atoms with Gasteiger partial charge in [0, 0.05) is 24.7 Å². The van der Waals surface area contributed by atoms with Crippen molar-refractivity contribution in [2.24, 2.45) is 0 Å². The van der Waals surface area contributed by atoms with Gasteiger partial charge in [-0.05, 0) is 24.1 Å². The van der Waals surface area contributed by atoms with Gasteiger partial charge in [0.25, 0.3) is 0 Å². The highest BCUT2D eigenvalue weighted by atomic mass is 16.4. The molecule has 2 rings (SSSR count). The summed E-state index contributed by atoms with van der Waals surface area (Å²) in [6.07, 6.45) is 1.18. The first kappa shape index (κ1) is 14.8. The molecule has 1 saturated heterocycles. The highest BCUT2D eigenvalue weighted by Crippen LogP contribution is 2.10. The third kappa shape index (κ3) is 4.79. The van der Waals surface area contributed by atoms with E-state index in [2.05, 4.69) is 16.0 Å². The van der Waals surface area contributed by atoms with Crippen molar-refractivity contribution in [1.82, 2.24) is 10.6 Å². The minimum Gasteiger partial charge on any atom is -0.481 e. The Kier molecular flexibility index (Phi) is 4.76. The number of carbonyl (C=O) groups is 3. The van der Waals surface area contributed by atoms with Crippen molar-refractivity contribution < 1.29 is 19.5 Å². The van der Waals surface area contributed by atoms with Crippen LogP contribution in [0.3, 0.4) is 0 Å². The lowest BCUT2D eigenvalue weighted by Crippen LogP contribution is -2.40. The van der Waals surface area contributed by atoms with E-state index in [9.17, 15) is 14.4 Å². The maximum Gasteiger partial charge on any atom is 0.319 e. The lowest BCUT2D eigenvalue weighted by Gasteiger charge is -2.12. The van der Waals surface area contributed by atoms with Gasteiger partial charge in [-0.25, -0.2) is 4.79 Å². The minimum absolute atomic E-state index is 0.0104. The molecule has 21 heavy (non-hydrogen) atoms. The van der Waals surface area contributed by atoms with Crippen molar-refractivity contribution in [3.8, 4) is 0 Å². The third-order valence-corrected chi connectivity index (χ3v) is 3.16. The summed E-state index contributed by atoms with van der Waals surface area (Å²) < 4.78 is 0. The summed E-state index contributed by atoms with van der Waals surface area (Å²) in [4.78, 5) is 33.3. The number of nitrogens with one attached hydrogen (secondary N) is 3. The lowest BCUT2D eigenvalue weighted by atomic mass is 10.1. The van der Waals surface area contributed by atoms with Crippen molar-refractivity contribution in [3.05, 3.63) is 29.8 Å². The summed E-state index contributed by atoms with van der Waals surface area (Å²) in [5.74, 6) is -0.886. The molecule has 1 fully saturated rings. The summed E-state index contributed by atoms with van der Waals surface area (Å²) in [7, 11) is 0. The Morgan fingerprint density at radius 1 is 1.29 bits per heavy atom. The predicted octanol–water partition coefficient (Wildman–Crippen LogP) is 0.714. The van der Waals surface area contributed by atoms with Gasteiger partial charge in [0.15, 0.2) is 0 Å². The molecule has 0 saturated carbocycles. The molecule has 1 aliphatic rings. The first-order valence-corrected chi connectivity index (χ1v) is 6.68. The molecular formula is C14H17N3O4. The Morgan fingerprint density at radius 2 is 2.00 bits per heavy atom. The van der Waals surface area contributed by atoms with Crippen LogP contribution in [0.2, 0.25) is 0 Å². The number of aliphatic carboxylic acids is 1. The fraction of sp³-hybridized carbons (Fsp3) is 0.357. The van der Waals surface area contributed by atoms with Gasteiger partial charge >= 0.3 is 12.0 Å². The topological polar surface area (TPSA) is 108 Å². The molecule has 0 bridgehead atoms. The number of amides is 3. The lowest BCUT2D eigenvalue weighted by molar-refractivity contribution is -0.136. The van der Waals surface area contributed by atoms with Gasteiger partial charge in [0.05, 0.1) is 6.42 Å². The summed E-state index contributed by atoms with van der Waals surface area (Å²) in [5, 5.41) is 16.8. The van der Waals surface area contributed by atoms with E-state index < -0.39 is 5.97 Å². The maximum absolute atomic E-state index is 11.7. The van der Waals surface area contributed by atoms with E-state index >= 15 is 0 Å². The van der Waals surface area contributed by atoms with Gasteiger partial charge in [0.2, 0.25) is 5.91 Å². The van der Waals surface area contributed by atoms with Gasteiger partial charge < -0.3 is 21.1 Å². The quantitative estimate of drug-likeness (QED) is 0.641. The molecule has 1 atom stereocenters. The van der Waals surface area contributed by atoms with Gasteiger partial charge in [-0.2, -0.15) is 0 Å². The van der Waals surface area contributed by atoms with Crippen molar-refractivity contribution in [1.29, 1.82) is 0 Å². The normalized spacial score (nSPS) is 17.1. The molecule has 7 nitrogen and oxygen atoms in total. The number of carboxylic acids is 1. The van der Waals surface area contributed by atoms with E-state index in [1.165, 1.54) is 0 Å². The van der Waals surface area contributed by atoms with Crippen LogP contribution in [0, 0.1) is 0 Å². The largest absolute Gasteiger partial charge is 0.481 e. The molecule has 0 aromatic heterocycles. The molecule has 1 aliphatic heterocycles. The number of anilines is 1. The summed E-state index contributed by atoms with van der Waals surface area (Å²) >= 11 is 0. The molecule has 0 spiro atoms. The van der Waals surface area contributed by atoms with Crippen LogP contribution in [0.15, 0.2) is 24.3 Å². The fourth-order valence-corrected chi connectivity index (χ4v) is 2.10. The summed E-state index contributed by atoms with van der Waals surface area (Å²) in [6, 6.07) is 6.23. The molecule has 1 aromatic rings. The van der Waals surface area contributed by atoms with Crippen LogP contribution in [0.25, 0.3) is 0 Å². The zero-order valence-electron chi connectivity index (χ0n) is 11.4. The summed E-state index contributed by atoms with van der Waals surface area (Å²) in [6.45, 7) is 0.384. The number of carboxylic acid groups (broad SMARTS) is 1. The Labute approximate surface area is 121 Å². The molecule has 4 N–H and O–H groups in total. The first-order valence-electron chi connectivity index (χ1n) is 6.68. The standard InChI is InChI=1S/C14H17N3O4/c18-12-6-5-11(16-12)8-15-14(21)17-10-3-1-9(2-4-10)7-13(19)20/h1-4,11H,5-8H2,(H,16,18)(H,19,20)(H2,15,17,21). The molecule has 7 heteroatoms. The smallest absolute Gasteiger partial charge is 0.319 e. The zero-order valence-corrected chi connectivity index (χ0v) is 11.4. The van der Waals surface area contributed by atoms with E-state index in [-0.39, 0.29) is 24.4 Å². The average molecular weight is 291 g/mol. The van der Waals surface area contributed by atoms with Crippen LogP contribution < -0.4 is 16.0 Å². The van der Waals surface area contributed by atoms with Gasteiger partial charge in [0.1, 0.15) is 0 Å². The van der Waals surface area contributed by atoms with Crippen molar-refractivity contribution in [2.75, 3.05) is 11.9 Å². The van der Waals surface area contributed by atoms with Crippen molar-refractivity contribution >= 4 is 23.6 Å². The number of urea groups is 1. The van der Waals surface area contributed by atoms with E-state index in [0.29, 0.717) is 24.2 Å². The van der Waals surface area contributed by atoms with Crippen molar-refractivity contribution in [2.45, 2.75) is 25.3 Å². The fourth-order valence-electron chi connectivity index (χ4n) is 2.10. The van der Waals surface area contributed by atoms with Gasteiger partial charge in [-0.15, -0.1) is 0 Å². The van der Waals surface area contributed by atoms with E-state index in [0.717, 1.165) is 6.42 Å². The monoisotopic (exact) mass is 291 g/mol. The highest BCUT2D eigenvalue weighted by molar-refractivity contribution is 5.89. The molecule has 0 aliphatic carbocycles. The zero-order chi connectivity index (χ0) is 15.2. The molecule has 3 amide bonds. The van der Waals surface area contributed by atoms with Gasteiger partial charge in [-0.3, -0.25) is 9.59 Å². The number of benzene rings is 1. The number of hydrogen-bond donors (Lipinski definition) is 4. The molecule has 0 radical (unpaired) electrons. The number of hydrogen-bond acceptors (Lipinski definition) is 3. The Morgan fingerprint density at radius 3 is 2.57 bits per heavy atom. The van der Waals surface area contributed by atoms with Gasteiger partial charge in [-0.1, -0.05) is 12.1 Å². The average Bonchev–Trinajstić information content (AvgIpc) is 2.84. The van der Waals surface area contributed by atoms with Crippen LogP contribution in [-0.4, -0.2) is 35.6 Å². The Hall–Kier alpha value is -2.57. The van der Waals surface area contributed by atoms with Crippen molar-refractivity contribution in [3.63, 3.8) is 0 Å². The second kappa shape index (κ2) is 6.74. The maximum atomic E-state index is 11.7. The van der Waals surface area contributed by atoms with Crippen LogP contribution in [0.1, 0.15) is 18.4 Å². The highest BCUT2D eigenvalue weighted by Gasteiger charge is 2.20. The number of rotatable bonds is 5. The first-order chi connectivity index (χ1) is 10.0. The van der Waals surface area contributed by atoms with E-state index in [1.807, 2.05) is 0 Å². The Bertz CT molecular complexity index is 542. The van der Waals surface area contributed by atoms with Crippen LogP contribution in [-0.2, 0) is 16.0 Å². The number of carbonyl (C=O) groups excluding carboxylic acids is 2. The predicted molar refractivity (Wildman–Crippen MR) is 76.0 cm³/mol. The van der Waals surface area contributed by atoms with Crippen LogP contribution >= 0.6 is 0 Å². The van der Waals surface area contributed by atoms with Crippen LogP contribution in [0.5, 0.6) is 0 Å². The molecule has 1 heterocycles.